The fourth-order valence-corrected chi connectivity index (χ4v) is 6.88. The summed E-state index contributed by atoms with van der Waals surface area (Å²) in [5.41, 5.74) is 0. The molecule has 43 heteroatoms. The average molecular weight is 1240 g/mol. The summed E-state index contributed by atoms with van der Waals surface area (Å²) >= 11 is 0. The summed E-state index contributed by atoms with van der Waals surface area (Å²) in [6.45, 7) is -12.8. The molecular formula is C37H43F27N6O10. The van der Waals surface area contributed by atoms with Gasteiger partial charge in [-0.1, -0.05) is 0 Å². The average Bonchev–Trinajstić information content (AvgIpc) is 3.29. The van der Waals surface area contributed by atoms with Crippen LogP contribution < -0.4 is 0 Å². The summed E-state index contributed by atoms with van der Waals surface area (Å²) in [7, 11) is 0.373. The van der Waals surface area contributed by atoms with E-state index in [1.807, 2.05) is 0 Å². The zero-order valence-electron chi connectivity index (χ0n) is 40.0. The van der Waals surface area contributed by atoms with Gasteiger partial charge in [-0.15, -0.1) is 0 Å². The van der Waals surface area contributed by atoms with Gasteiger partial charge in [0.05, 0.1) is 52.0 Å². The lowest BCUT2D eigenvalue weighted by Gasteiger charge is -2.46. The van der Waals surface area contributed by atoms with Crippen molar-refractivity contribution >= 4 is 29.7 Å². The second-order valence-electron chi connectivity index (χ2n) is 17.2. The molecule has 0 bridgehead atoms. The molecule has 1 aliphatic heterocycles. The second kappa shape index (κ2) is 25.0. The number of carbonyl (C=O) groups excluding carboxylic acids is 2. The zero-order valence-corrected chi connectivity index (χ0v) is 40.0. The molecule has 0 aliphatic carbocycles. The molecule has 4 N–H and O–H groups in total. The van der Waals surface area contributed by atoms with Crippen molar-refractivity contribution in [3.63, 3.8) is 0 Å². The maximum absolute atomic E-state index is 15.7. The van der Waals surface area contributed by atoms with Crippen LogP contribution in [0.1, 0.15) is 6.92 Å². The molecule has 0 aromatic carbocycles. The van der Waals surface area contributed by atoms with Crippen LogP contribution >= 0.6 is 0 Å². The number of aliphatic carboxylic acids is 3. The number of amides is 2. The van der Waals surface area contributed by atoms with Crippen LogP contribution in [-0.4, -0.2) is 275 Å². The Morgan fingerprint density at radius 3 is 1.00 bits per heavy atom. The molecule has 0 aromatic rings. The van der Waals surface area contributed by atoms with Gasteiger partial charge < -0.3 is 30.1 Å². The molecule has 470 valence electrons. The molecule has 16 nitrogen and oxygen atoms in total. The van der Waals surface area contributed by atoms with Gasteiger partial charge in [0.25, 0.3) is 0 Å². The first-order valence-electron chi connectivity index (χ1n) is 21.5. The summed E-state index contributed by atoms with van der Waals surface area (Å²) in [6.07, 6.45) is -8.35. The Hall–Kier alpha value is -4.78. The van der Waals surface area contributed by atoms with Crippen molar-refractivity contribution in [3.05, 3.63) is 0 Å². The predicted molar refractivity (Wildman–Crippen MR) is 206 cm³/mol. The van der Waals surface area contributed by atoms with Gasteiger partial charge in [-0.05, 0) is 6.92 Å². The van der Waals surface area contributed by atoms with E-state index >= 15 is 26.3 Å². The molecule has 1 heterocycles. The molecule has 1 unspecified atom stereocenters. The van der Waals surface area contributed by atoms with E-state index in [4.69, 9.17) is 5.11 Å². The molecule has 0 radical (unpaired) electrons. The van der Waals surface area contributed by atoms with Gasteiger partial charge in [-0.2, -0.15) is 119 Å². The van der Waals surface area contributed by atoms with Crippen molar-refractivity contribution < 1.29 is 168 Å². The van der Waals surface area contributed by atoms with Gasteiger partial charge in [-0.3, -0.25) is 48.5 Å². The minimum atomic E-state index is -10.00. The van der Waals surface area contributed by atoms with E-state index in [1.165, 1.54) is 4.90 Å². The van der Waals surface area contributed by atoms with Crippen LogP contribution in [0, 0.1) is 0 Å². The quantitative estimate of drug-likeness (QED) is 0.0471. The Balaban J connectivity index is 3.89. The lowest BCUT2D eigenvalue weighted by molar-refractivity contribution is -0.486. The number of alkyl halides is 27. The van der Waals surface area contributed by atoms with Gasteiger partial charge in [0.15, 0.2) is 0 Å². The van der Waals surface area contributed by atoms with E-state index in [9.17, 15) is 131 Å². The van der Waals surface area contributed by atoms with Gasteiger partial charge in [0.1, 0.15) is 0 Å². The molecule has 0 aromatic heterocycles. The summed E-state index contributed by atoms with van der Waals surface area (Å²) < 4.78 is 388. The molecule has 1 rings (SSSR count). The molecule has 1 fully saturated rings. The third-order valence-corrected chi connectivity index (χ3v) is 11.6. The number of ether oxygens (including phenoxy) is 1. The van der Waals surface area contributed by atoms with E-state index < -0.39 is 197 Å². The number of carbonyl (C=O) groups is 5. The fourth-order valence-electron chi connectivity index (χ4n) is 6.88. The monoisotopic (exact) mass is 1240 g/mol. The first-order valence-corrected chi connectivity index (χ1v) is 21.5. The maximum Gasteiger partial charge on any atom is 0.460 e. The van der Waals surface area contributed by atoms with Gasteiger partial charge in [0, 0.05) is 66.0 Å². The molecule has 2 amide bonds. The highest BCUT2D eigenvalue weighted by molar-refractivity contribution is 5.87. The number of carboxylic acids is 3. The highest BCUT2D eigenvalue weighted by atomic mass is 19.4. The lowest BCUT2D eigenvalue weighted by atomic mass is 9.84. The minimum Gasteiger partial charge on any atom is -0.480 e. The van der Waals surface area contributed by atoms with Crippen LogP contribution in [0.5, 0.6) is 0 Å². The summed E-state index contributed by atoms with van der Waals surface area (Å²) in [5.74, 6) is -114. The minimum absolute atomic E-state index is 0.101. The standard InChI is InChI=1S/C37H43F27N6O10/c1-19(69-9-7-67(17-22(75)76)5-3-66(16-21(73)74)4-6-68(8-10-69)18-23(77)78)24(79)65(2)15-20(72)70(11-13-80-14-12-71)37(63,64)35(58,59)33(54,55)31(50,51)29(46,47)27(42,43)25(38,39)26(40,41)28(44,45)30(48,49)32(52,53)34(56,57)36(60,61)62/h19,71H,3-18H2,1-2H3,(H,73,74)(H,75,76)(H,77,78). The number of halogens is 27. The normalized spacial score (nSPS) is 17.8. The van der Waals surface area contributed by atoms with Crippen LogP contribution in [0.2, 0.25) is 0 Å². The van der Waals surface area contributed by atoms with Crippen molar-refractivity contribution in [1.82, 2.24) is 29.4 Å². The number of hydrogen-bond donors (Lipinski definition) is 4. The number of aliphatic hydroxyl groups is 1. The summed E-state index contributed by atoms with van der Waals surface area (Å²) in [5, 5.41) is 36.9. The van der Waals surface area contributed by atoms with Crippen LogP contribution in [0.3, 0.4) is 0 Å². The van der Waals surface area contributed by atoms with Gasteiger partial charge in [0.2, 0.25) is 11.8 Å². The van der Waals surface area contributed by atoms with E-state index in [0.717, 1.165) is 21.6 Å². The highest BCUT2D eigenvalue weighted by Gasteiger charge is 3.00. The molecule has 1 saturated heterocycles. The van der Waals surface area contributed by atoms with Crippen molar-refractivity contribution in [2.45, 2.75) is 90.3 Å². The highest BCUT2D eigenvalue weighted by Crippen LogP contribution is 2.68. The molecule has 0 spiro atoms. The third-order valence-electron chi connectivity index (χ3n) is 11.6. The number of nitrogens with zero attached hydrogens (tertiary/aromatic N) is 6. The summed E-state index contributed by atoms with van der Waals surface area (Å²) in [6, 6.07) is -9.59. The Morgan fingerprint density at radius 2 is 0.725 bits per heavy atom. The Morgan fingerprint density at radius 1 is 0.450 bits per heavy atom. The van der Waals surface area contributed by atoms with Crippen LogP contribution in [0.25, 0.3) is 0 Å². The van der Waals surface area contributed by atoms with Crippen molar-refractivity contribution in [2.24, 2.45) is 0 Å². The predicted octanol–water partition coefficient (Wildman–Crippen LogP) is 5.29. The first-order chi connectivity index (χ1) is 35.5. The topological polar surface area (TPSA) is 195 Å². The molecule has 1 aliphatic rings. The fraction of sp³-hybridized carbons (Fsp3) is 0.865. The SMILES string of the molecule is CC(C(=O)N(C)CC(=O)N(CCOCCO)C(F)(F)C(F)(F)C(F)(F)C(F)(F)C(F)(F)C(F)(F)C(F)(F)C(F)(F)C(F)(F)C(F)(F)C(F)(F)C(F)(F)C(F)(F)F)N1CCN(CC(=O)O)CCN(CC(=O)O)CCN(CC(=O)O)CC1. The van der Waals surface area contributed by atoms with E-state index in [-0.39, 0.29) is 31.1 Å². The lowest BCUT2D eigenvalue weighted by Crippen LogP contribution is -2.79. The number of carboxylic acid groups (broad SMARTS) is 3. The smallest absolute Gasteiger partial charge is 0.460 e. The number of aliphatic hydroxyl groups excluding tert-OH is 1. The van der Waals surface area contributed by atoms with E-state index in [2.05, 4.69) is 4.74 Å². The number of rotatable bonds is 27. The number of likely N-dealkylation sites (N-methyl/N-ethyl adjacent to an activating group) is 1. The first kappa shape index (κ1) is 73.2. The van der Waals surface area contributed by atoms with Crippen LogP contribution in [0.4, 0.5) is 119 Å². The second-order valence-corrected chi connectivity index (χ2v) is 17.2. The molecule has 0 saturated carbocycles. The van der Waals surface area contributed by atoms with Crippen molar-refractivity contribution in [2.75, 3.05) is 112 Å². The Labute approximate surface area is 429 Å². The zero-order chi connectivity index (χ0) is 63.4. The van der Waals surface area contributed by atoms with E-state index in [1.54, 1.807) is 0 Å². The summed E-state index contributed by atoms with van der Waals surface area (Å²) in [4.78, 5) is 63.9. The van der Waals surface area contributed by atoms with Gasteiger partial charge in [-0.25, -0.2) is 0 Å². The van der Waals surface area contributed by atoms with Crippen molar-refractivity contribution in [1.29, 1.82) is 0 Å². The Kier molecular flexibility index (Phi) is 22.9. The number of hydrogen-bond acceptors (Lipinski definition) is 11. The molecule has 1 atom stereocenters. The van der Waals surface area contributed by atoms with Gasteiger partial charge >= 0.3 is 95.3 Å². The maximum atomic E-state index is 15.7. The van der Waals surface area contributed by atoms with Crippen molar-refractivity contribution in [3.8, 4) is 0 Å². The van der Waals surface area contributed by atoms with Crippen LogP contribution in [-0.2, 0) is 28.7 Å². The van der Waals surface area contributed by atoms with Crippen LogP contribution in [0.15, 0.2) is 0 Å². The third kappa shape index (κ3) is 13.7. The Bertz CT molecular complexity index is 2130. The molecule has 80 heavy (non-hydrogen) atoms. The van der Waals surface area contributed by atoms with E-state index in [0.29, 0.717) is 7.05 Å². The largest absolute Gasteiger partial charge is 0.480 e. The molecular weight excluding hydrogens is 1200 g/mol.